The fraction of sp³-hybridized carbons (Fsp3) is 0.893. The number of ketones is 2. The molecule has 0 spiro atoms. The highest BCUT2D eigenvalue weighted by Gasteiger charge is 2.64. The van der Waals surface area contributed by atoms with Gasteiger partial charge in [-0.15, -0.1) is 0 Å². The number of hydrogen-bond donors (Lipinski definition) is 8. The summed E-state index contributed by atoms with van der Waals surface area (Å²) in [5.41, 5.74) is -2.99. The normalized spacial score (nSPS) is 26.7. The van der Waals surface area contributed by atoms with Crippen molar-refractivity contribution in [3.63, 3.8) is 0 Å². The van der Waals surface area contributed by atoms with Crippen LogP contribution in [0.2, 0.25) is 0 Å². The van der Waals surface area contributed by atoms with E-state index in [1.165, 1.54) is 128 Å². The van der Waals surface area contributed by atoms with Crippen molar-refractivity contribution in [3.05, 3.63) is 24.3 Å². The molecule has 0 aromatic heterocycles. The van der Waals surface area contributed by atoms with Gasteiger partial charge in [-0.05, 0) is 64.2 Å². The topological polar surface area (TPSA) is 224 Å². The van der Waals surface area contributed by atoms with Gasteiger partial charge in [-0.1, -0.05) is 192 Å². The minimum atomic E-state index is -2.99. The van der Waals surface area contributed by atoms with E-state index in [0.29, 0.717) is 19.3 Å². The van der Waals surface area contributed by atoms with E-state index in [-0.39, 0.29) is 12.8 Å². The summed E-state index contributed by atoms with van der Waals surface area (Å²) in [6.07, 6.45) is 31.2. The summed E-state index contributed by atoms with van der Waals surface area (Å²) in [5.74, 6) is -4.16. The molecule has 0 amide bonds. The van der Waals surface area contributed by atoms with Crippen LogP contribution < -0.4 is 0 Å². The highest BCUT2D eigenvalue weighted by Crippen LogP contribution is 2.40. The van der Waals surface area contributed by atoms with Crippen molar-refractivity contribution in [2.75, 3.05) is 13.2 Å². The molecular formula is C56H102O13. The summed E-state index contributed by atoms with van der Waals surface area (Å²) in [4.78, 5) is 27.2. The monoisotopic (exact) mass is 983 g/mol. The Morgan fingerprint density at radius 2 is 0.913 bits per heavy atom. The fourth-order valence-corrected chi connectivity index (χ4v) is 9.74. The van der Waals surface area contributed by atoms with Gasteiger partial charge < -0.3 is 55.1 Å². The molecule has 404 valence electrons. The quantitative estimate of drug-likeness (QED) is 0.0211. The highest BCUT2D eigenvalue weighted by atomic mass is 16.8. The van der Waals surface area contributed by atoms with E-state index in [1.807, 2.05) is 0 Å². The van der Waals surface area contributed by atoms with Crippen molar-refractivity contribution in [1.29, 1.82) is 0 Å². The van der Waals surface area contributed by atoms with Gasteiger partial charge >= 0.3 is 0 Å². The fourth-order valence-electron chi connectivity index (χ4n) is 9.74. The lowest BCUT2D eigenvalue weighted by molar-refractivity contribution is -0.394. The summed E-state index contributed by atoms with van der Waals surface area (Å²) in [7, 11) is 0. The Hall–Kier alpha value is -1.62. The predicted molar refractivity (Wildman–Crippen MR) is 272 cm³/mol. The number of carbonyl (C=O) groups is 2. The van der Waals surface area contributed by atoms with Gasteiger partial charge in [0.1, 0.15) is 49.3 Å². The average molecular weight is 983 g/mol. The maximum absolute atomic E-state index is 13.8. The Morgan fingerprint density at radius 1 is 0.536 bits per heavy atom. The number of ether oxygens (including phenoxy) is 3. The molecule has 0 aromatic rings. The maximum Gasteiger partial charge on any atom is 0.224 e. The molecule has 13 heteroatoms. The second-order valence-corrected chi connectivity index (χ2v) is 20.4. The van der Waals surface area contributed by atoms with Gasteiger partial charge in [0.25, 0.3) is 0 Å². The first-order valence-electron chi connectivity index (χ1n) is 28.2. The Labute approximate surface area is 417 Å². The average Bonchev–Trinajstić information content (AvgIpc) is 3.59. The number of aliphatic hydroxyl groups is 8. The van der Waals surface area contributed by atoms with E-state index in [0.717, 1.165) is 70.6 Å². The molecule has 2 saturated heterocycles. The van der Waals surface area contributed by atoms with E-state index in [2.05, 4.69) is 38.2 Å². The summed E-state index contributed by atoms with van der Waals surface area (Å²) in [5, 5.41) is 87.3. The van der Waals surface area contributed by atoms with E-state index < -0.39 is 85.2 Å². The molecule has 2 unspecified atom stereocenters. The van der Waals surface area contributed by atoms with E-state index in [1.54, 1.807) is 0 Å². The first kappa shape index (κ1) is 63.5. The van der Waals surface area contributed by atoms with Crippen LogP contribution in [0.1, 0.15) is 245 Å². The first-order valence-corrected chi connectivity index (χ1v) is 28.2. The molecule has 0 aliphatic carbocycles. The Kier molecular flexibility index (Phi) is 35.8. The van der Waals surface area contributed by atoms with Gasteiger partial charge in [-0.3, -0.25) is 9.59 Å². The van der Waals surface area contributed by atoms with Gasteiger partial charge in [0.05, 0.1) is 6.61 Å². The third kappa shape index (κ3) is 23.9. The van der Waals surface area contributed by atoms with Crippen molar-refractivity contribution < 1.29 is 64.7 Å². The number of allylic oxidation sites excluding steroid dienone is 4. The Bertz CT molecular complexity index is 1340. The minimum absolute atomic E-state index is 0.0654. The van der Waals surface area contributed by atoms with Crippen molar-refractivity contribution in [3.8, 4) is 0 Å². The number of rotatable bonds is 45. The van der Waals surface area contributed by atoms with Crippen molar-refractivity contribution in [2.45, 2.75) is 305 Å². The molecule has 2 rings (SSSR count). The first-order chi connectivity index (χ1) is 33.4. The summed E-state index contributed by atoms with van der Waals surface area (Å²) < 4.78 is 16.9. The zero-order valence-corrected chi connectivity index (χ0v) is 43.4. The van der Waals surface area contributed by atoms with Crippen LogP contribution in [0.3, 0.4) is 0 Å². The van der Waals surface area contributed by atoms with E-state index in [4.69, 9.17) is 14.2 Å². The molecule has 2 aliphatic heterocycles. The van der Waals surface area contributed by atoms with Crippen molar-refractivity contribution >= 4 is 11.6 Å². The molecule has 2 aliphatic rings. The van der Waals surface area contributed by atoms with Crippen LogP contribution in [0.25, 0.3) is 0 Å². The lowest BCUT2D eigenvalue weighted by Crippen LogP contribution is -2.73. The molecule has 2 fully saturated rings. The Balaban J connectivity index is 1.82. The summed E-state index contributed by atoms with van der Waals surface area (Å²) in [6, 6.07) is 0. The van der Waals surface area contributed by atoms with Crippen LogP contribution in [0.15, 0.2) is 24.3 Å². The Morgan fingerprint density at radius 3 is 1.29 bits per heavy atom. The number of unbranched alkanes of at least 4 members (excludes halogenated alkanes) is 30. The second kappa shape index (κ2) is 38.9. The molecule has 0 saturated carbocycles. The van der Waals surface area contributed by atoms with Crippen LogP contribution in [0.5, 0.6) is 0 Å². The molecule has 10 atom stereocenters. The zero-order chi connectivity index (χ0) is 50.6. The zero-order valence-electron chi connectivity index (χ0n) is 43.4. The molecular weight excluding hydrogens is 881 g/mol. The number of aliphatic hydroxyl groups excluding tert-OH is 7. The van der Waals surface area contributed by atoms with Crippen molar-refractivity contribution in [1.82, 2.24) is 0 Å². The van der Waals surface area contributed by atoms with Gasteiger partial charge in [0, 0.05) is 12.8 Å². The number of Topliss-reactive ketones (excluding diaryl/α,β-unsaturated/α-hetero) is 2. The smallest absolute Gasteiger partial charge is 0.224 e. The highest BCUT2D eigenvalue weighted by molar-refractivity contribution is 5.89. The van der Waals surface area contributed by atoms with Gasteiger partial charge in [-0.2, -0.15) is 0 Å². The number of carbonyl (C=O) groups excluding carboxylic acids is 2. The third-order valence-electron chi connectivity index (χ3n) is 14.4. The minimum Gasteiger partial charge on any atom is -0.394 e. The molecule has 0 aromatic carbocycles. The van der Waals surface area contributed by atoms with Gasteiger partial charge in [0.15, 0.2) is 23.5 Å². The maximum atomic E-state index is 13.8. The lowest BCUT2D eigenvalue weighted by Gasteiger charge is -2.49. The molecule has 69 heavy (non-hydrogen) atoms. The van der Waals surface area contributed by atoms with Crippen LogP contribution in [0, 0.1) is 0 Å². The standard InChI is InChI=1S/C56H102O13/c1-3-5-7-9-11-13-15-17-19-21-23-25-27-29-31-33-35-37-39-41-45(59)48(61)50-52(64)56(66,53(65)54(67-50)69-55(44-58)51(63)49(62)46(43-57)68-55)47(60)42-40-38-36-34-32-30-28-26-24-22-20-18-16-14-12-10-8-6-4-2/h17-20,46,48-54,57-58,61-66H,3-16,21-44H2,1-2H3/b19-17+,20-18+/t46-,48?,49-,50-,51+,52-,53+,54-,55?,56+/m1/s1. The SMILES string of the molecule is CCCCCCCC/C=C/CCCCCCCCCCCC(=O)C(O)[C@H]1O[C@H](OC2(CO)O[C@H](CO)[C@@H](O)[C@@H]2O)[C@H](O)[C@](O)(C(=O)CCCCCCCCCCC/C=C/CCCCCCCC)[C@@H]1O. The van der Waals surface area contributed by atoms with E-state index in [9.17, 15) is 50.4 Å². The molecule has 2 heterocycles. The number of hydrogen-bond acceptors (Lipinski definition) is 13. The molecule has 13 nitrogen and oxygen atoms in total. The lowest BCUT2D eigenvalue weighted by atomic mass is 9.77. The van der Waals surface area contributed by atoms with Crippen LogP contribution in [-0.4, -0.2) is 126 Å². The third-order valence-corrected chi connectivity index (χ3v) is 14.4. The predicted octanol–water partition coefficient (Wildman–Crippen LogP) is 9.68. The second-order valence-electron chi connectivity index (χ2n) is 20.4. The van der Waals surface area contributed by atoms with Crippen LogP contribution in [-0.2, 0) is 23.8 Å². The summed E-state index contributed by atoms with van der Waals surface area (Å²) in [6.45, 7) is 2.59. The molecule has 0 radical (unpaired) electrons. The van der Waals surface area contributed by atoms with E-state index >= 15 is 0 Å². The molecule has 0 bridgehead atoms. The summed E-state index contributed by atoms with van der Waals surface area (Å²) >= 11 is 0. The van der Waals surface area contributed by atoms with Crippen molar-refractivity contribution in [2.24, 2.45) is 0 Å². The van der Waals surface area contributed by atoms with Crippen LogP contribution >= 0.6 is 0 Å². The van der Waals surface area contributed by atoms with Gasteiger partial charge in [-0.25, -0.2) is 0 Å². The largest absolute Gasteiger partial charge is 0.394 e. The molecule has 8 N–H and O–H groups in total. The van der Waals surface area contributed by atoms with Gasteiger partial charge in [0.2, 0.25) is 5.79 Å². The van der Waals surface area contributed by atoms with Crippen LogP contribution in [0.4, 0.5) is 0 Å².